The van der Waals surface area contributed by atoms with Gasteiger partial charge in [0.2, 0.25) is 0 Å². The minimum absolute atomic E-state index is 0.0593. The lowest BCUT2D eigenvalue weighted by atomic mass is 9.96. The number of carbonyl (C=O) groups is 1. The predicted octanol–water partition coefficient (Wildman–Crippen LogP) is 1.19. The van der Waals surface area contributed by atoms with Gasteiger partial charge in [0.15, 0.2) is 9.84 Å². The SMILES string of the molecule is O=C(NC1C=CS(=O)(=O)C1)c1ccc(N2CCC(C(F)(F)F)CC2)[nH]c1=O. The Bertz CT molecular complexity index is 916. The normalized spacial score (nSPS) is 22.8. The first kappa shape index (κ1) is 19.5. The van der Waals surface area contributed by atoms with Crippen molar-refractivity contribution in [1.29, 1.82) is 0 Å². The molecule has 1 unspecified atom stereocenters. The molecule has 3 heterocycles. The van der Waals surface area contributed by atoms with Crippen molar-refractivity contribution >= 4 is 21.6 Å². The number of hydrogen-bond acceptors (Lipinski definition) is 5. The third-order valence-electron chi connectivity index (χ3n) is 4.68. The van der Waals surface area contributed by atoms with E-state index in [1.807, 2.05) is 0 Å². The minimum Gasteiger partial charge on any atom is -0.358 e. The fraction of sp³-hybridized carbons (Fsp3) is 0.500. The molecule has 0 radical (unpaired) electrons. The van der Waals surface area contributed by atoms with Gasteiger partial charge in [0.1, 0.15) is 11.4 Å². The van der Waals surface area contributed by atoms with Gasteiger partial charge in [-0.25, -0.2) is 8.42 Å². The van der Waals surface area contributed by atoms with Crippen LogP contribution in [0, 0.1) is 5.92 Å². The molecular weight excluding hydrogens is 387 g/mol. The summed E-state index contributed by atoms with van der Waals surface area (Å²) in [6.45, 7) is 0.298. The molecule has 27 heavy (non-hydrogen) atoms. The molecule has 1 amide bonds. The number of piperidine rings is 1. The Morgan fingerprint density at radius 2 is 1.89 bits per heavy atom. The van der Waals surface area contributed by atoms with Gasteiger partial charge in [0.25, 0.3) is 11.5 Å². The highest BCUT2D eigenvalue weighted by atomic mass is 32.2. The van der Waals surface area contributed by atoms with Crippen molar-refractivity contribution in [2.45, 2.75) is 25.1 Å². The Kier molecular flexibility index (Phi) is 5.06. The Morgan fingerprint density at radius 3 is 2.41 bits per heavy atom. The molecule has 1 aromatic heterocycles. The number of nitrogens with zero attached hydrogens (tertiary/aromatic N) is 1. The molecule has 11 heteroatoms. The van der Waals surface area contributed by atoms with Gasteiger partial charge < -0.3 is 15.2 Å². The van der Waals surface area contributed by atoms with Crippen LogP contribution in [0.1, 0.15) is 23.2 Å². The van der Waals surface area contributed by atoms with E-state index in [2.05, 4.69) is 10.3 Å². The number of nitrogens with one attached hydrogen (secondary N) is 2. The molecule has 1 saturated heterocycles. The van der Waals surface area contributed by atoms with E-state index in [0.29, 0.717) is 5.82 Å². The number of alkyl halides is 3. The highest BCUT2D eigenvalue weighted by Gasteiger charge is 2.41. The highest BCUT2D eigenvalue weighted by Crippen LogP contribution is 2.34. The summed E-state index contributed by atoms with van der Waals surface area (Å²) in [5, 5.41) is 3.46. The molecule has 1 atom stereocenters. The first-order valence-corrected chi connectivity index (χ1v) is 10.0. The second-order valence-electron chi connectivity index (χ2n) is 6.63. The van der Waals surface area contributed by atoms with Crippen molar-refractivity contribution in [3.05, 3.63) is 39.5 Å². The summed E-state index contributed by atoms with van der Waals surface area (Å²) in [6, 6.07) is 2.04. The zero-order valence-corrected chi connectivity index (χ0v) is 14.9. The Balaban J connectivity index is 1.65. The van der Waals surface area contributed by atoms with E-state index in [-0.39, 0.29) is 37.2 Å². The van der Waals surface area contributed by atoms with Crippen LogP contribution < -0.4 is 15.8 Å². The minimum atomic E-state index is -4.22. The predicted molar refractivity (Wildman–Crippen MR) is 92.2 cm³/mol. The van der Waals surface area contributed by atoms with Crippen molar-refractivity contribution < 1.29 is 26.4 Å². The number of halogens is 3. The van der Waals surface area contributed by atoms with Crippen LogP contribution in [0.15, 0.2) is 28.4 Å². The second kappa shape index (κ2) is 7.02. The lowest BCUT2D eigenvalue weighted by Gasteiger charge is -2.33. The van der Waals surface area contributed by atoms with Crippen molar-refractivity contribution in [2.75, 3.05) is 23.7 Å². The number of pyridine rings is 1. The maximum Gasteiger partial charge on any atom is 0.391 e. The van der Waals surface area contributed by atoms with E-state index in [4.69, 9.17) is 0 Å². The molecule has 0 saturated carbocycles. The number of aromatic amines is 1. The summed E-state index contributed by atoms with van der Waals surface area (Å²) in [7, 11) is -3.34. The monoisotopic (exact) mass is 405 g/mol. The molecule has 3 rings (SSSR count). The van der Waals surface area contributed by atoms with Crippen LogP contribution in [-0.4, -0.2) is 50.4 Å². The fourth-order valence-electron chi connectivity index (χ4n) is 3.19. The molecule has 2 aliphatic heterocycles. The van der Waals surface area contributed by atoms with Crippen LogP contribution in [0.25, 0.3) is 0 Å². The zero-order chi connectivity index (χ0) is 19.8. The Morgan fingerprint density at radius 1 is 1.22 bits per heavy atom. The first-order chi connectivity index (χ1) is 12.5. The summed E-state index contributed by atoms with van der Waals surface area (Å²) in [6.07, 6.45) is -3.00. The molecule has 0 aliphatic carbocycles. The smallest absolute Gasteiger partial charge is 0.358 e. The van der Waals surface area contributed by atoms with Crippen LogP contribution in [0.5, 0.6) is 0 Å². The number of carbonyl (C=O) groups excluding carboxylic acids is 1. The average Bonchev–Trinajstić information content (AvgIpc) is 2.92. The lowest BCUT2D eigenvalue weighted by molar-refractivity contribution is -0.179. The van der Waals surface area contributed by atoms with Gasteiger partial charge in [0.05, 0.1) is 17.7 Å². The maximum absolute atomic E-state index is 12.7. The summed E-state index contributed by atoms with van der Waals surface area (Å²) in [5.74, 6) is -1.98. The summed E-state index contributed by atoms with van der Waals surface area (Å²) in [5.41, 5.74) is -0.880. The topological polar surface area (TPSA) is 99.3 Å². The van der Waals surface area contributed by atoms with Gasteiger partial charge in [-0.2, -0.15) is 13.2 Å². The number of rotatable bonds is 3. The number of anilines is 1. The van der Waals surface area contributed by atoms with Gasteiger partial charge in [-0.3, -0.25) is 9.59 Å². The Hall–Kier alpha value is -2.30. The van der Waals surface area contributed by atoms with E-state index < -0.39 is 39.4 Å². The quantitative estimate of drug-likeness (QED) is 0.787. The largest absolute Gasteiger partial charge is 0.391 e. The molecule has 0 spiro atoms. The van der Waals surface area contributed by atoms with Crippen molar-refractivity contribution in [2.24, 2.45) is 5.92 Å². The lowest BCUT2D eigenvalue weighted by Crippen LogP contribution is -2.41. The van der Waals surface area contributed by atoms with E-state index in [1.54, 1.807) is 4.90 Å². The number of sulfone groups is 1. The molecule has 7 nitrogen and oxygen atoms in total. The number of hydrogen-bond donors (Lipinski definition) is 2. The molecule has 1 aromatic rings. The van der Waals surface area contributed by atoms with Crippen molar-refractivity contribution in [1.82, 2.24) is 10.3 Å². The highest BCUT2D eigenvalue weighted by molar-refractivity contribution is 7.94. The Labute approximate surface area is 153 Å². The van der Waals surface area contributed by atoms with Gasteiger partial charge in [-0.1, -0.05) is 0 Å². The van der Waals surface area contributed by atoms with E-state index in [0.717, 1.165) is 5.41 Å². The molecular formula is C16H18F3N3O4S. The van der Waals surface area contributed by atoms with Gasteiger partial charge in [0, 0.05) is 18.5 Å². The van der Waals surface area contributed by atoms with Crippen LogP contribution in [0.3, 0.4) is 0 Å². The molecule has 2 aliphatic rings. The molecule has 1 fully saturated rings. The van der Waals surface area contributed by atoms with E-state index >= 15 is 0 Å². The van der Waals surface area contributed by atoms with Crippen molar-refractivity contribution in [3.63, 3.8) is 0 Å². The molecule has 2 N–H and O–H groups in total. The third kappa shape index (κ3) is 4.52. The molecule has 0 bridgehead atoms. The maximum atomic E-state index is 12.7. The van der Waals surface area contributed by atoms with Crippen LogP contribution in [-0.2, 0) is 9.84 Å². The van der Waals surface area contributed by atoms with Gasteiger partial charge in [-0.05, 0) is 31.1 Å². The van der Waals surface area contributed by atoms with E-state index in [1.165, 1.54) is 18.2 Å². The van der Waals surface area contributed by atoms with Crippen LogP contribution in [0.4, 0.5) is 19.0 Å². The number of H-pyrrole nitrogens is 1. The first-order valence-electron chi connectivity index (χ1n) is 8.32. The summed E-state index contributed by atoms with van der Waals surface area (Å²) in [4.78, 5) is 28.5. The molecule has 0 aromatic carbocycles. The third-order valence-corrected chi connectivity index (χ3v) is 6.08. The second-order valence-corrected chi connectivity index (χ2v) is 8.56. The van der Waals surface area contributed by atoms with E-state index in [9.17, 15) is 31.2 Å². The van der Waals surface area contributed by atoms with Crippen LogP contribution >= 0.6 is 0 Å². The average molecular weight is 405 g/mol. The van der Waals surface area contributed by atoms with Crippen molar-refractivity contribution in [3.8, 4) is 0 Å². The number of aromatic nitrogens is 1. The zero-order valence-electron chi connectivity index (χ0n) is 14.1. The summed E-state index contributed by atoms with van der Waals surface area (Å²) >= 11 is 0. The van der Waals surface area contributed by atoms with Crippen LogP contribution in [0.2, 0.25) is 0 Å². The number of amides is 1. The standard InChI is InChI=1S/C16H18F3N3O4S/c17-16(18,19)10-3-6-22(7-4-10)13-2-1-12(15(24)21-13)14(23)20-11-5-8-27(25,26)9-11/h1-2,5,8,10-11H,3-4,6-7,9H2,(H,20,23)(H,21,24). The summed E-state index contributed by atoms with van der Waals surface area (Å²) < 4.78 is 60.9. The van der Waals surface area contributed by atoms with Gasteiger partial charge >= 0.3 is 6.18 Å². The van der Waals surface area contributed by atoms with Gasteiger partial charge in [-0.15, -0.1) is 0 Å². The molecule has 148 valence electrons. The fourth-order valence-corrected chi connectivity index (χ4v) is 4.42.